The first-order valence-electron chi connectivity index (χ1n) is 4.54. The van der Waals surface area contributed by atoms with Crippen LogP contribution in [0.3, 0.4) is 0 Å². The number of benzene rings is 1. The first-order chi connectivity index (χ1) is 7.26. The van der Waals surface area contributed by atoms with E-state index in [1.54, 1.807) is 17.4 Å². The fourth-order valence-electron chi connectivity index (χ4n) is 1.49. The van der Waals surface area contributed by atoms with Gasteiger partial charge < -0.3 is 10.5 Å². The van der Waals surface area contributed by atoms with E-state index in [0.717, 1.165) is 15.6 Å². The molecule has 0 bridgehead atoms. The lowest BCUT2D eigenvalue weighted by Crippen LogP contribution is -2.00. The van der Waals surface area contributed by atoms with Crippen molar-refractivity contribution in [2.24, 2.45) is 5.73 Å². The largest absolute Gasteiger partial charge is 0.465 e. The normalized spacial score (nSPS) is 10.5. The Balaban J connectivity index is 2.53. The van der Waals surface area contributed by atoms with Crippen LogP contribution in [0.1, 0.15) is 15.9 Å². The van der Waals surface area contributed by atoms with Crippen LogP contribution in [0.15, 0.2) is 23.6 Å². The number of hydrogen-bond acceptors (Lipinski definition) is 4. The highest BCUT2D eigenvalue weighted by atomic mass is 32.1. The molecule has 4 heteroatoms. The van der Waals surface area contributed by atoms with Gasteiger partial charge >= 0.3 is 5.97 Å². The highest BCUT2D eigenvalue weighted by Gasteiger charge is 2.08. The third-order valence-corrected chi connectivity index (χ3v) is 3.29. The van der Waals surface area contributed by atoms with E-state index in [0.29, 0.717) is 12.1 Å². The molecule has 0 spiro atoms. The number of fused-ring (bicyclic) bond motifs is 1. The highest BCUT2D eigenvalue weighted by molar-refractivity contribution is 7.17. The quantitative estimate of drug-likeness (QED) is 0.790. The van der Waals surface area contributed by atoms with Gasteiger partial charge in [-0.3, -0.25) is 0 Å². The number of carbonyl (C=O) groups is 1. The van der Waals surface area contributed by atoms with E-state index in [9.17, 15) is 4.79 Å². The number of carbonyl (C=O) groups excluding carboxylic acids is 1. The topological polar surface area (TPSA) is 52.3 Å². The summed E-state index contributed by atoms with van der Waals surface area (Å²) in [5.41, 5.74) is 7.30. The zero-order valence-electron chi connectivity index (χ0n) is 8.32. The van der Waals surface area contributed by atoms with E-state index in [-0.39, 0.29) is 5.97 Å². The van der Waals surface area contributed by atoms with Gasteiger partial charge in [0.05, 0.1) is 12.7 Å². The number of nitrogens with two attached hydrogens (primary N) is 1. The molecule has 0 saturated carbocycles. The smallest absolute Gasteiger partial charge is 0.337 e. The molecule has 1 aromatic heterocycles. The van der Waals surface area contributed by atoms with Gasteiger partial charge in [-0.1, -0.05) is 6.07 Å². The van der Waals surface area contributed by atoms with Crippen molar-refractivity contribution >= 4 is 27.4 Å². The van der Waals surface area contributed by atoms with Gasteiger partial charge in [0.15, 0.2) is 0 Å². The van der Waals surface area contributed by atoms with E-state index in [1.165, 1.54) is 7.11 Å². The number of esters is 1. The fraction of sp³-hybridized carbons (Fsp3) is 0.182. The van der Waals surface area contributed by atoms with Crippen molar-refractivity contribution in [3.63, 3.8) is 0 Å². The number of hydrogen-bond donors (Lipinski definition) is 1. The lowest BCUT2D eigenvalue weighted by Gasteiger charge is -1.99. The number of rotatable bonds is 2. The number of methoxy groups -OCH3 is 1. The summed E-state index contributed by atoms with van der Waals surface area (Å²) in [7, 11) is 1.38. The number of thiophene rings is 1. The first kappa shape index (κ1) is 10.1. The Bertz CT molecular complexity index is 504. The van der Waals surface area contributed by atoms with Crippen LogP contribution in [0, 0.1) is 0 Å². The van der Waals surface area contributed by atoms with Crippen LogP contribution in [0.2, 0.25) is 0 Å². The summed E-state index contributed by atoms with van der Waals surface area (Å²) in [4.78, 5) is 11.3. The summed E-state index contributed by atoms with van der Waals surface area (Å²) in [5, 5.41) is 3.14. The highest BCUT2D eigenvalue weighted by Crippen LogP contribution is 2.26. The van der Waals surface area contributed by atoms with Gasteiger partial charge in [0.25, 0.3) is 0 Å². The maximum atomic E-state index is 11.3. The summed E-state index contributed by atoms with van der Waals surface area (Å²) in [6, 6.07) is 5.52. The van der Waals surface area contributed by atoms with Crippen LogP contribution in [0.5, 0.6) is 0 Å². The molecule has 1 aromatic carbocycles. The van der Waals surface area contributed by atoms with E-state index in [2.05, 4.69) is 4.74 Å². The van der Waals surface area contributed by atoms with E-state index >= 15 is 0 Å². The molecular weight excluding hydrogens is 210 g/mol. The third-order valence-electron chi connectivity index (χ3n) is 2.30. The minimum absolute atomic E-state index is 0.306. The molecule has 0 radical (unpaired) electrons. The fourth-order valence-corrected chi connectivity index (χ4v) is 2.50. The molecule has 3 nitrogen and oxygen atoms in total. The Morgan fingerprint density at radius 2 is 2.33 bits per heavy atom. The molecule has 2 aromatic rings. The summed E-state index contributed by atoms with van der Waals surface area (Å²) in [6.07, 6.45) is 0. The molecule has 0 amide bonds. The standard InChI is InChI=1S/C11H11NO2S/c1-14-11(13)7-2-3-9-8(5-12)6-15-10(9)4-7/h2-4,6H,5,12H2,1H3. The molecule has 1 heterocycles. The molecule has 0 aliphatic heterocycles. The van der Waals surface area contributed by atoms with E-state index in [4.69, 9.17) is 5.73 Å². The van der Waals surface area contributed by atoms with Gasteiger partial charge in [-0.25, -0.2) is 4.79 Å². The van der Waals surface area contributed by atoms with Crippen molar-refractivity contribution in [2.45, 2.75) is 6.54 Å². The Morgan fingerprint density at radius 1 is 1.53 bits per heavy atom. The average molecular weight is 221 g/mol. The average Bonchev–Trinajstić information content (AvgIpc) is 2.69. The zero-order valence-corrected chi connectivity index (χ0v) is 9.14. The molecule has 2 rings (SSSR count). The van der Waals surface area contributed by atoms with E-state index < -0.39 is 0 Å². The Hall–Kier alpha value is -1.39. The predicted molar refractivity (Wildman–Crippen MR) is 61.1 cm³/mol. The molecule has 78 valence electrons. The summed E-state index contributed by atoms with van der Waals surface area (Å²) >= 11 is 1.59. The van der Waals surface area contributed by atoms with Crippen LogP contribution < -0.4 is 5.73 Å². The van der Waals surface area contributed by atoms with E-state index in [1.807, 2.05) is 17.5 Å². The van der Waals surface area contributed by atoms with Crippen molar-refractivity contribution in [3.05, 3.63) is 34.7 Å². The van der Waals surface area contributed by atoms with Crippen molar-refractivity contribution in [1.82, 2.24) is 0 Å². The maximum absolute atomic E-state index is 11.3. The minimum atomic E-state index is -0.306. The monoisotopic (exact) mass is 221 g/mol. The van der Waals surface area contributed by atoms with Gasteiger partial charge in [-0.15, -0.1) is 11.3 Å². The SMILES string of the molecule is COC(=O)c1ccc2c(CN)csc2c1. The molecule has 0 aliphatic carbocycles. The van der Waals surface area contributed by atoms with Crippen LogP contribution in [-0.2, 0) is 11.3 Å². The Kier molecular flexibility index (Phi) is 2.70. The predicted octanol–water partition coefficient (Wildman–Crippen LogP) is 2.15. The van der Waals surface area contributed by atoms with Gasteiger partial charge in [-0.2, -0.15) is 0 Å². The van der Waals surface area contributed by atoms with Gasteiger partial charge in [0, 0.05) is 11.2 Å². The first-order valence-corrected chi connectivity index (χ1v) is 5.42. The lowest BCUT2D eigenvalue weighted by molar-refractivity contribution is 0.0601. The molecule has 0 atom stereocenters. The minimum Gasteiger partial charge on any atom is -0.465 e. The van der Waals surface area contributed by atoms with Gasteiger partial charge in [-0.05, 0) is 28.5 Å². The maximum Gasteiger partial charge on any atom is 0.337 e. The van der Waals surface area contributed by atoms with Crippen molar-refractivity contribution < 1.29 is 9.53 Å². The second-order valence-corrected chi connectivity index (χ2v) is 4.08. The van der Waals surface area contributed by atoms with Crippen LogP contribution >= 0.6 is 11.3 Å². The molecule has 0 unspecified atom stereocenters. The zero-order chi connectivity index (χ0) is 10.8. The Morgan fingerprint density at radius 3 is 3.00 bits per heavy atom. The molecule has 0 fully saturated rings. The molecule has 0 saturated heterocycles. The summed E-state index contributed by atoms with van der Waals surface area (Å²) < 4.78 is 5.73. The molecule has 15 heavy (non-hydrogen) atoms. The van der Waals surface area contributed by atoms with Crippen molar-refractivity contribution in [1.29, 1.82) is 0 Å². The van der Waals surface area contributed by atoms with Crippen LogP contribution in [0.4, 0.5) is 0 Å². The lowest BCUT2D eigenvalue weighted by atomic mass is 10.1. The van der Waals surface area contributed by atoms with Crippen molar-refractivity contribution in [2.75, 3.05) is 7.11 Å². The van der Waals surface area contributed by atoms with Gasteiger partial charge in [0.2, 0.25) is 0 Å². The summed E-state index contributed by atoms with van der Waals surface area (Å²) in [6.45, 7) is 0.525. The van der Waals surface area contributed by atoms with Crippen molar-refractivity contribution in [3.8, 4) is 0 Å². The Labute approximate surface area is 91.5 Å². The summed E-state index contributed by atoms with van der Waals surface area (Å²) in [5.74, 6) is -0.306. The molecule has 0 aliphatic rings. The second kappa shape index (κ2) is 4.00. The van der Waals surface area contributed by atoms with Gasteiger partial charge in [0.1, 0.15) is 0 Å². The molecule has 2 N–H and O–H groups in total. The molecular formula is C11H11NO2S. The third kappa shape index (κ3) is 1.73. The van der Waals surface area contributed by atoms with Crippen LogP contribution in [-0.4, -0.2) is 13.1 Å². The number of ether oxygens (including phenoxy) is 1. The van der Waals surface area contributed by atoms with Crippen LogP contribution in [0.25, 0.3) is 10.1 Å². The second-order valence-electron chi connectivity index (χ2n) is 3.17.